The highest BCUT2D eigenvalue weighted by Crippen LogP contribution is 2.27. The summed E-state index contributed by atoms with van der Waals surface area (Å²) >= 11 is 5.81. The van der Waals surface area contributed by atoms with Crippen molar-refractivity contribution in [3.8, 4) is 0 Å². The molecule has 0 aromatic heterocycles. The second kappa shape index (κ2) is 7.99. The fourth-order valence-corrected chi connectivity index (χ4v) is 3.39. The average Bonchev–Trinajstić information content (AvgIpc) is 2.66. The molecule has 0 saturated heterocycles. The fourth-order valence-electron chi connectivity index (χ4n) is 3.19. The molecule has 1 aliphatic carbocycles. The topological polar surface area (TPSA) is 12.0 Å². The van der Waals surface area contributed by atoms with Crippen molar-refractivity contribution in [2.75, 3.05) is 0 Å². The van der Waals surface area contributed by atoms with Crippen molar-refractivity contribution >= 4 is 11.6 Å². The predicted molar refractivity (Wildman–Crippen MR) is 83.5 cm³/mol. The molecule has 1 nitrogen and oxygen atoms in total. The predicted octanol–water partition coefficient (Wildman–Crippen LogP) is 5.32. The van der Waals surface area contributed by atoms with Gasteiger partial charge in [-0.2, -0.15) is 0 Å². The van der Waals surface area contributed by atoms with Crippen LogP contribution in [0.3, 0.4) is 0 Å². The molecule has 1 fully saturated rings. The lowest BCUT2D eigenvalue weighted by molar-refractivity contribution is 0.409. The van der Waals surface area contributed by atoms with E-state index >= 15 is 0 Å². The second-order valence-corrected chi connectivity index (χ2v) is 6.40. The molecule has 1 N–H and O–H groups in total. The smallest absolute Gasteiger partial charge is 0.141 e. The zero-order valence-corrected chi connectivity index (χ0v) is 13.1. The van der Waals surface area contributed by atoms with Crippen LogP contribution in [0, 0.1) is 11.7 Å². The van der Waals surface area contributed by atoms with Crippen molar-refractivity contribution in [3.63, 3.8) is 0 Å². The first-order valence-corrected chi connectivity index (χ1v) is 8.24. The summed E-state index contributed by atoms with van der Waals surface area (Å²) in [6.07, 6.45) is 9.25. The van der Waals surface area contributed by atoms with Crippen LogP contribution >= 0.6 is 11.6 Å². The normalized spacial score (nSPS) is 23.6. The minimum Gasteiger partial charge on any atom is -0.310 e. The number of halogens is 2. The van der Waals surface area contributed by atoms with Crippen molar-refractivity contribution in [2.24, 2.45) is 5.92 Å². The first-order chi connectivity index (χ1) is 9.69. The monoisotopic (exact) mass is 297 g/mol. The Balaban J connectivity index is 1.80. The van der Waals surface area contributed by atoms with Crippen LogP contribution in [-0.4, -0.2) is 6.04 Å². The van der Waals surface area contributed by atoms with Crippen LogP contribution in [0.4, 0.5) is 4.39 Å². The number of hydrogen-bond acceptors (Lipinski definition) is 1. The Morgan fingerprint density at radius 2 is 2.10 bits per heavy atom. The van der Waals surface area contributed by atoms with Crippen LogP contribution in [0.5, 0.6) is 0 Å². The van der Waals surface area contributed by atoms with Crippen molar-refractivity contribution < 1.29 is 4.39 Å². The lowest BCUT2D eigenvalue weighted by Gasteiger charge is -2.17. The van der Waals surface area contributed by atoms with Crippen molar-refractivity contribution in [3.05, 3.63) is 34.6 Å². The summed E-state index contributed by atoms with van der Waals surface area (Å²) < 4.78 is 13.1. The number of hydrogen-bond donors (Lipinski definition) is 1. The third kappa shape index (κ3) is 4.75. The van der Waals surface area contributed by atoms with Crippen LogP contribution < -0.4 is 5.32 Å². The Kier molecular flexibility index (Phi) is 6.31. The highest BCUT2D eigenvalue weighted by atomic mass is 35.5. The van der Waals surface area contributed by atoms with E-state index in [1.54, 1.807) is 6.07 Å². The van der Waals surface area contributed by atoms with Crippen molar-refractivity contribution in [1.82, 2.24) is 5.32 Å². The van der Waals surface area contributed by atoms with Gasteiger partial charge in [-0.15, -0.1) is 0 Å². The molecule has 1 saturated carbocycles. The molecule has 0 heterocycles. The van der Waals surface area contributed by atoms with E-state index in [1.807, 2.05) is 6.07 Å². The van der Waals surface area contributed by atoms with Gasteiger partial charge in [0.15, 0.2) is 0 Å². The van der Waals surface area contributed by atoms with Gasteiger partial charge in [0.1, 0.15) is 5.82 Å². The maximum absolute atomic E-state index is 13.1. The summed E-state index contributed by atoms with van der Waals surface area (Å²) in [6, 6.07) is 5.58. The zero-order chi connectivity index (χ0) is 14.4. The van der Waals surface area contributed by atoms with Crippen molar-refractivity contribution in [1.29, 1.82) is 0 Å². The molecule has 2 unspecified atom stereocenters. The molecule has 3 heteroatoms. The van der Waals surface area contributed by atoms with Gasteiger partial charge < -0.3 is 5.32 Å². The van der Waals surface area contributed by atoms with Crippen LogP contribution in [0.2, 0.25) is 5.02 Å². The molecule has 0 aliphatic heterocycles. The average molecular weight is 298 g/mol. The van der Waals surface area contributed by atoms with Gasteiger partial charge >= 0.3 is 0 Å². The van der Waals surface area contributed by atoms with Gasteiger partial charge in [0, 0.05) is 12.6 Å². The largest absolute Gasteiger partial charge is 0.310 e. The summed E-state index contributed by atoms with van der Waals surface area (Å²) in [5, 5.41) is 3.82. The molecule has 112 valence electrons. The van der Waals surface area contributed by atoms with Gasteiger partial charge in [0.05, 0.1) is 5.02 Å². The molecule has 1 aliphatic rings. The Morgan fingerprint density at radius 1 is 1.25 bits per heavy atom. The minimum absolute atomic E-state index is 0.216. The van der Waals surface area contributed by atoms with Crippen LogP contribution in [-0.2, 0) is 6.54 Å². The maximum Gasteiger partial charge on any atom is 0.141 e. The standard InChI is InChI=1S/C17H25ClFN/c1-2-4-13-5-3-6-15(9-7-13)20-12-14-8-10-17(19)16(18)11-14/h8,10-11,13,15,20H,2-7,9,12H2,1H3. The number of rotatable bonds is 5. The SMILES string of the molecule is CCCC1CCCC(NCc2ccc(F)c(Cl)c2)CC1. The van der Waals surface area contributed by atoms with Gasteiger partial charge in [-0.1, -0.05) is 50.3 Å². The van der Waals surface area contributed by atoms with Gasteiger partial charge in [-0.3, -0.25) is 0 Å². The molecule has 1 aromatic rings. The van der Waals surface area contributed by atoms with E-state index < -0.39 is 0 Å². The van der Waals surface area contributed by atoms with Gasteiger partial charge in [0.2, 0.25) is 0 Å². The Morgan fingerprint density at radius 3 is 2.85 bits per heavy atom. The first kappa shape index (κ1) is 15.8. The lowest BCUT2D eigenvalue weighted by Crippen LogP contribution is -2.28. The quantitative estimate of drug-likeness (QED) is 0.726. The van der Waals surface area contributed by atoms with E-state index in [0.29, 0.717) is 6.04 Å². The molecule has 0 amide bonds. The number of benzene rings is 1. The molecule has 0 bridgehead atoms. The summed E-state index contributed by atoms with van der Waals surface area (Å²) in [6.45, 7) is 3.06. The van der Waals surface area contributed by atoms with E-state index in [2.05, 4.69) is 12.2 Å². The van der Waals surface area contributed by atoms with E-state index in [4.69, 9.17) is 11.6 Å². The van der Waals surface area contributed by atoms with E-state index in [9.17, 15) is 4.39 Å². The first-order valence-electron chi connectivity index (χ1n) is 7.86. The molecule has 0 spiro atoms. The Hall–Kier alpha value is -0.600. The van der Waals surface area contributed by atoms with Crippen molar-refractivity contribution in [2.45, 2.75) is 64.5 Å². The lowest BCUT2D eigenvalue weighted by atomic mass is 9.95. The van der Waals surface area contributed by atoms with Crippen LogP contribution in [0.15, 0.2) is 18.2 Å². The van der Waals surface area contributed by atoms with Crippen LogP contribution in [0.1, 0.15) is 57.4 Å². The molecule has 2 rings (SSSR count). The molecular formula is C17H25ClFN. The van der Waals surface area contributed by atoms with Gasteiger partial charge in [0.25, 0.3) is 0 Å². The number of nitrogens with one attached hydrogen (secondary N) is 1. The van der Waals surface area contributed by atoms with Gasteiger partial charge in [-0.25, -0.2) is 4.39 Å². The molecular weight excluding hydrogens is 273 g/mol. The highest BCUT2D eigenvalue weighted by molar-refractivity contribution is 6.30. The summed E-state index contributed by atoms with van der Waals surface area (Å²) in [5.41, 5.74) is 1.06. The summed E-state index contributed by atoms with van der Waals surface area (Å²) in [7, 11) is 0. The second-order valence-electron chi connectivity index (χ2n) is 5.99. The molecule has 20 heavy (non-hydrogen) atoms. The third-order valence-electron chi connectivity index (χ3n) is 4.36. The molecule has 2 atom stereocenters. The molecule has 1 aromatic carbocycles. The minimum atomic E-state index is -0.340. The fraction of sp³-hybridized carbons (Fsp3) is 0.647. The molecule has 0 radical (unpaired) electrons. The van der Waals surface area contributed by atoms with Crippen LogP contribution in [0.25, 0.3) is 0 Å². The zero-order valence-electron chi connectivity index (χ0n) is 12.3. The Labute approximate surface area is 126 Å². The van der Waals surface area contributed by atoms with E-state index in [-0.39, 0.29) is 10.8 Å². The highest BCUT2D eigenvalue weighted by Gasteiger charge is 2.17. The third-order valence-corrected chi connectivity index (χ3v) is 4.65. The summed E-state index contributed by atoms with van der Waals surface area (Å²) in [4.78, 5) is 0. The van der Waals surface area contributed by atoms with E-state index in [1.165, 1.54) is 51.0 Å². The Bertz CT molecular complexity index is 421. The van der Waals surface area contributed by atoms with E-state index in [0.717, 1.165) is 18.0 Å². The van der Waals surface area contributed by atoms with Gasteiger partial charge in [-0.05, 0) is 42.9 Å². The summed E-state index contributed by atoms with van der Waals surface area (Å²) in [5.74, 6) is 0.583. The maximum atomic E-state index is 13.1.